The molecule has 16 heavy (non-hydrogen) atoms. The van der Waals surface area contributed by atoms with Gasteiger partial charge in [0, 0.05) is 25.0 Å². The van der Waals surface area contributed by atoms with E-state index in [4.69, 9.17) is 0 Å². The van der Waals surface area contributed by atoms with Crippen molar-refractivity contribution >= 4 is 17.7 Å². The highest BCUT2D eigenvalue weighted by Gasteiger charge is 2.17. The zero-order valence-electron chi connectivity index (χ0n) is 8.86. The average molecular weight is 240 g/mol. The first kappa shape index (κ1) is 11.4. The highest BCUT2D eigenvalue weighted by atomic mass is 32.2. The van der Waals surface area contributed by atoms with Crippen molar-refractivity contribution in [3.05, 3.63) is 29.8 Å². The maximum Gasteiger partial charge on any atom is 0.255 e. The molecule has 1 aromatic heterocycles. The molecule has 0 atom stereocenters. The fraction of sp³-hybridized carbons (Fsp3) is 0.455. The summed E-state index contributed by atoms with van der Waals surface area (Å²) in [7, 11) is 0. The van der Waals surface area contributed by atoms with E-state index < -0.39 is 5.95 Å². The fourth-order valence-electron chi connectivity index (χ4n) is 1.63. The lowest BCUT2D eigenvalue weighted by molar-refractivity contribution is 0.0768. The van der Waals surface area contributed by atoms with Crippen LogP contribution in [-0.4, -0.2) is 40.4 Å². The summed E-state index contributed by atoms with van der Waals surface area (Å²) in [5, 5.41) is 0. The summed E-state index contributed by atoms with van der Waals surface area (Å²) < 4.78 is 12.6. The summed E-state index contributed by atoms with van der Waals surface area (Å²) in [5.41, 5.74) is 0.466. The van der Waals surface area contributed by atoms with Crippen LogP contribution in [0.1, 0.15) is 16.8 Å². The molecule has 3 nitrogen and oxygen atoms in total. The molecule has 0 aromatic carbocycles. The van der Waals surface area contributed by atoms with Crippen LogP contribution in [0, 0.1) is 5.95 Å². The SMILES string of the molecule is O=C(c1ccc(F)nc1)N1CCCSCC1. The average Bonchev–Trinajstić information content (AvgIpc) is 2.57. The minimum Gasteiger partial charge on any atom is -0.338 e. The Hall–Kier alpha value is -1.10. The molecule has 5 heteroatoms. The number of amides is 1. The molecule has 1 aliphatic heterocycles. The Kier molecular flexibility index (Phi) is 3.77. The Morgan fingerprint density at radius 1 is 1.38 bits per heavy atom. The van der Waals surface area contributed by atoms with Crippen LogP contribution in [0.25, 0.3) is 0 Å². The molecule has 2 heterocycles. The van der Waals surface area contributed by atoms with E-state index in [0.717, 1.165) is 31.0 Å². The zero-order valence-corrected chi connectivity index (χ0v) is 9.67. The Bertz CT molecular complexity index is 361. The van der Waals surface area contributed by atoms with Gasteiger partial charge in [-0.2, -0.15) is 16.2 Å². The Morgan fingerprint density at radius 2 is 2.25 bits per heavy atom. The third-order valence-electron chi connectivity index (χ3n) is 2.48. The van der Waals surface area contributed by atoms with Crippen molar-refractivity contribution in [1.29, 1.82) is 0 Å². The van der Waals surface area contributed by atoms with Crippen LogP contribution in [-0.2, 0) is 0 Å². The third kappa shape index (κ3) is 2.72. The van der Waals surface area contributed by atoms with Crippen LogP contribution in [0.2, 0.25) is 0 Å². The molecule has 1 saturated heterocycles. The molecule has 1 fully saturated rings. The third-order valence-corrected chi connectivity index (χ3v) is 3.53. The number of thioether (sulfide) groups is 1. The number of halogens is 1. The molecule has 86 valence electrons. The Balaban J connectivity index is 2.08. The number of hydrogen-bond acceptors (Lipinski definition) is 3. The van der Waals surface area contributed by atoms with Crippen molar-refractivity contribution in [3.63, 3.8) is 0 Å². The molecule has 1 aromatic rings. The smallest absolute Gasteiger partial charge is 0.255 e. The quantitative estimate of drug-likeness (QED) is 0.702. The molecule has 1 aliphatic rings. The van der Waals surface area contributed by atoms with E-state index in [0.29, 0.717) is 5.56 Å². The van der Waals surface area contributed by atoms with E-state index >= 15 is 0 Å². The lowest BCUT2D eigenvalue weighted by atomic mass is 10.2. The van der Waals surface area contributed by atoms with Crippen LogP contribution in [0.4, 0.5) is 4.39 Å². The van der Waals surface area contributed by atoms with Crippen molar-refractivity contribution in [2.75, 3.05) is 24.6 Å². The lowest BCUT2D eigenvalue weighted by Gasteiger charge is -2.19. The maximum absolute atomic E-state index is 12.6. The van der Waals surface area contributed by atoms with Crippen LogP contribution in [0.5, 0.6) is 0 Å². The number of nitrogens with zero attached hydrogens (tertiary/aromatic N) is 2. The van der Waals surface area contributed by atoms with Gasteiger partial charge in [-0.15, -0.1) is 0 Å². The summed E-state index contributed by atoms with van der Waals surface area (Å²) in [4.78, 5) is 17.3. The van der Waals surface area contributed by atoms with Crippen molar-refractivity contribution in [2.45, 2.75) is 6.42 Å². The first-order chi connectivity index (χ1) is 7.77. The topological polar surface area (TPSA) is 33.2 Å². The molecule has 0 spiro atoms. The summed E-state index contributed by atoms with van der Waals surface area (Å²) in [5.74, 6) is 1.48. The molecular formula is C11H13FN2OS. The lowest BCUT2D eigenvalue weighted by Crippen LogP contribution is -2.33. The van der Waals surface area contributed by atoms with Gasteiger partial charge in [-0.1, -0.05) is 0 Å². The molecule has 0 saturated carbocycles. The molecule has 0 bridgehead atoms. The summed E-state index contributed by atoms with van der Waals surface area (Å²) in [6.45, 7) is 1.55. The van der Waals surface area contributed by atoms with Gasteiger partial charge < -0.3 is 4.90 Å². The number of carbonyl (C=O) groups is 1. The van der Waals surface area contributed by atoms with Gasteiger partial charge in [0.05, 0.1) is 5.56 Å². The van der Waals surface area contributed by atoms with E-state index in [2.05, 4.69) is 4.98 Å². The normalized spacial score (nSPS) is 16.9. The van der Waals surface area contributed by atoms with Crippen molar-refractivity contribution in [1.82, 2.24) is 9.88 Å². The van der Waals surface area contributed by atoms with Crippen molar-refractivity contribution in [3.8, 4) is 0 Å². The number of hydrogen-bond donors (Lipinski definition) is 0. The van der Waals surface area contributed by atoms with Gasteiger partial charge >= 0.3 is 0 Å². The van der Waals surface area contributed by atoms with Crippen molar-refractivity contribution in [2.24, 2.45) is 0 Å². The standard InChI is InChI=1S/C11H13FN2OS/c12-10-3-2-9(8-13-10)11(15)14-4-1-6-16-7-5-14/h2-3,8H,1,4-7H2. The van der Waals surface area contributed by atoms with Crippen LogP contribution < -0.4 is 0 Å². The van der Waals surface area contributed by atoms with Gasteiger partial charge in [-0.05, 0) is 24.3 Å². The summed E-state index contributed by atoms with van der Waals surface area (Å²) >= 11 is 1.87. The molecule has 2 rings (SSSR count). The number of aromatic nitrogens is 1. The number of carbonyl (C=O) groups excluding carboxylic acids is 1. The minimum atomic E-state index is -0.553. The van der Waals surface area contributed by atoms with Crippen LogP contribution in [0.3, 0.4) is 0 Å². The van der Waals surface area contributed by atoms with E-state index in [9.17, 15) is 9.18 Å². The fourth-order valence-corrected chi connectivity index (χ4v) is 2.52. The maximum atomic E-state index is 12.6. The predicted molar refractivity (Wildman–Crippen MR) is 62.0 cm³/mol. The van der Waals surface area contributed by atoms with Crippen LogP contribution >= 0.6 is 11.8 Å². The highest BCUT2D eigenvalue weighted by molar-refractivity contribution is 7.99. The molecule has 1 amide bonds. The van der Waals surface area contributed by atoms with E-state index in [-0.39, 0.29) is 5.91 Å². The first-order valence-corrected chi connectivity index (χ1v) is 6.41. The van der Waals surface area contributed by atoms with E-state index in [1.807, 2.05) is 16.7 Å². The van der Waals surface area contributed by atoms with Crippen LogP contribution in [0.15, 0.2) is 18.3 Å². The summed E-state index contributed by atoms with van der Waals surface area (Å²) in [6, 6.07) is 2.71. The van der Waals surface area contributed by atoms with Gasteiger partial charge in [0.25, 0.3) is 5.91 Å². The molecular weight excluding hydrogens is 227 g/mol. The molecule has 0 aliphatic carbocycles. The van der Waals surface area contributed by atoms with Gasteiger partial charge in [-0.3, -0.25) is 4.79 Å². The van der Waals surface area contributed by atoms with Gasteiger partial charge in [0.2, 0.25) is 5.95 Å². The van der Waals surface area contributed by atoms with Gasteiger partial charge in [0.1, 0.15) is 0 Å². The molecule has 0 unspecified atom stereocenters. The monoisotopic (exact) mass is 240 g/mol. The molecule has 0 N–H and O–H groups in total. The zero-order chi connectivity index (χ0) is 11.4. The largest absolute Gasteiger partial charge is 0.338 e. The number of pyridine rings is 1. The van der Waals surface area contributed by atoms with Gasteiger partial charge in [-0.25, -0.2) is 4.98 Å². The summed E-state index contributed by atoms with van der Waals surface area (Å²) in [6.07, 6.45) is 2.32. The predicted octanol–water partition coefficient (Wildman–Crippen LogP) is 1.80. The van der Waals surface area contributed by atoms with Crippen molar-refractivity contribution < 1.29 is 9.18 Å². The minimum absolute atomic E-state index is 0.0463. The second kappa shape index (κ2) is 5.30. The highest BCUT2D eigenvalue weighted by Crippen LogP contribution is 2.12. The number of rotatable bonds is 1. The Morgan fingerprint density at radius 3 is 3.00 bits per heavy atom. The Labute approximate surface area is 98.0 Å². The van der Waals surface area contributed by atoms with E-state index in [1.165, 1.54) is 18.3 Å². The second-order valence-electron chi connectivity index (χ2n) is 3.63. The second-order valence-corrected chi connectivity index (χ2v) is 4.85. The van der Waals surface area contributed by atoms with Gasteiger partial charge in [0.15, 0.2) is 0 Å². The first-order valence-electron chi connectivity index (χ1n) is 5.26. The molecule has 0 radical (unpaired) electrons. The van der Waals surface area contributed by atoms with E-state index in [1.54, 1.807) is 0 Å².